The minimum atomic E-state index is 0. The van der Waals surface area contributed by atoms with Crippen molar-refractivity contribution >= 4 is 29.7 Å². The quantitative estimate of drug-likeness (QED) is 0.873. The van der Waals surface area contributed by atoms with Crippen LogP contribution in [0.4, 0.5) is 0 Å². The summed E-state index contributed by atoms with van der Waals surface area (Å²) in [4.78, 5) is 14.7. The number of hydrogen-bond donors (Lipinski definition) is 2. The molecule has 1 aromatic carbocycles. The van der Waals surface area contributed by atoms with Gasteiger partial charge in [-0.15, -0.1) is 23.7 Å². The number of carbonyl (C=O) groups excluding carboxylic acids is 1. The maximum absolute atomic E-state index is 12.5. The Bertz CT molecular complexity index is 707. The molecule has 1 atom stereocenters. The number of rotatable bonds is 2. The average Bonchev–Trinajstić information content (AvgIpc) is 3.00. The van der Waals surface area contributed by atoms with Gasteiger partial charge in [-0.3, -0.25) is 4.79 Å². The van der Waals surface area contributed by atoms with Crippen molar-refractivity contribution in [1.82, 2.24) is 10.6 Å². The molecule has 0 saturated carbocycles. The van der Waals surface area contributed by atoms with Gasteiger partial charge in [-0.05, 0) is 55.0 Å². The van der Waals surface area contributed by atoms with E-state index in [0.29, 0.717) is 0 Å². The zero-order valence-electron chi connectivity index (χ0n) is 12.9. The number of nitrogens with one attached hydrogen (secondary N) is 2. The minimum Gasteiger partial charge on any atom is -0.347 e. The SMILES string of the molecule is Cl.O=C(N[C@H]1CCCNC1)c1cc2c(s1)-c1ccccc1CC2. The van der Waals surface area contributed by atoms with E-state index in [9.17, 15) is 4.79 Å². The number of aryl methyl sites for hydroxylation is 2. The Hall–Kier alpha value is -1.36. The molecule has 2 N–H and O–H groups in total. The Labute approximate surface area is 146 Å². The van der Waals surface area contributed by atoms with Crippen molar-refractivity contribution in [3.63, 3.8) is 0 Å². The van der Waals surface area contributed by atoms with Gasteiger partial charge in [0.1, 0.15) is 0 Å². The number of hydrogen-bond acceptors (Lipinski definition) is 3. The van der Waals surface area contributed by atoms with Crippen LogP contribution < -0.4 is 10.6 Å². The second kappa shape index (κ2) is 7.04. The number of fused-ring (bicyclic) bond motifs is 3. The Balaban J connectivity index is 0.00000156. The first-order valence-electron chi connectivity index (χ1n) is 8.04. The highest BCUT2D eigenvalue weighted by Gasteiger charge is 2.23. The normalized spacial score (nSPS) is 19.2. The van der Waals surface area contributed by atoms with Crippen LogP contribution in [0.5, 0.6) is 0 Å². The summed E-state index contributed by atoms with van der Waals surface area (Å²) in [6.45, 7) is 1.95. The molecule has 1 aliphatic carbocycles. The van der Waals surface area contributed by atoms with Crippen LogP contribution in [-0.4, -0.2) is 25.0 Å². The molecule has 1 fully saturated rings. The van der Waals surface area contributed by atoms with Crippen LogP contribution in [0.2, 0.25) is 0 Å². The van der Waals surface area contributed by atoms with E-state index >= 15 is 0 Å². The molecule has 2 aliphatic rings. The molecule has 0 unspecified atom stereocenters. The molecule has 0 spiro atoms. The monoisotopic (exact) mass is 348 g/mol. The highest BCUT2D eigenvalue weighted by molar-refractivity contribution is 7.17. The first-order valence-corrected chi connectivity index (χ1v) is 8.85. The fraction of sp³-hybridized carbons (Fsp3) is 0.389. The highest BCUT2D eigenvalue weighted by atomic mass is 35.5. The lowest BCUT2D eigenvalue weighted by Crippen LogP contribution is -2.45. The Morgan fingerprint density at radius 3 is 2.87 bits per heavy atom. The fourth-order valence-corrected chi connectivity index (χ4v) is 4.59. The van der Waals surface area contributed by atoms with Gasteiger partial charge < -0.3 is 10.6 Å². The van der Waals surface area contributed by atoms with E-state index in [-0.39, 0.29) is 24.4 Å². The second-order valence-electron chi connectivity index (χ2n) is 6.14. The van der Waals surface area contributed by atoms with Crippen molar-refractivity contribution < 1.29 is 4.79 Å². The van der Waals surface area contributed by atoms with Gasteiger partial charge in [0.15, 0.2) is 0 Å². The standard InChI is InChI=1S/C18H20N2OS.ClH/c21-18(20-14-5-3-9-19-11-14)16-10-13-8-7-12-4-1-2-6-15(12)17(13)22-16;/h1-2,4,6,10,14,19H,3,5,7-9,11H2,(H,20,21);1H/t14-;/m0./s1. The summed E-state index contributed by atoms with van der Waals surface area (Å²) in [5, 5.41) is 6.52. The Kier molecular flexibility index (Phi) is 5.05. The summed E-state index contributed by atoms with van der Waals surface area (Å²) < 4.78 is 0. The van der Waals surface area contributed by atoms with Gasteiger partial charge in [-0.1, -0.05) is 24.3 Å². The third-order valence-electron chi connectivity index (χ3n) is 4.59. The first kappa shape index (κ1) is 16.5. The minimum absolute atomic E-state index is 0. The topological polar surface area (TPSA) is 41.1 Å². The lowest BCUT2D eigenvalue weighted by atomic mass is 9.91. The van der Waals surface area contributed by atoms with E-state index in [1.54, 1.807) is 11.3 Å². The summed E-state index contributed by atoms with van der Waals surface area (Å²) in [5.41, 5.74) is 4.04. The number of piperidine rings is 1. The number of thiophene rings is 1. The second-order valence-corrected chi connectivity index (χ2v) is 7.19. The molecule has 1 aromatic heterocycles. The first-order chi connectivity index (χ1) is 10.8. The Morgan fingerprint density at radius 2 is 2.04 bits per heavy atom. The van der Waals surface area contributed by atoms with Crippen molar-refractivity contribution in [2.24, 2.45) is 0 Å². The van der Waals surface area contributed by atoms with Gasteiger partial charge in [0.25, 0.3) is 5.91 Å². The average molecular weight is 349 g/mol. The van der Waals surface area contributed by atoms with E-state index in [1.165, 1.54) is 21.6 Å². The van der Waals surface area contributed by atoms with Crippen molar-refractivity contribution in [1.29, 1.82) is 0 Å². The maximum atomic E-state index is 12.5. The summed E-state index contributed by atoms with van der Waals surface area (Å²) in [6, 6.07) is 10.9. The molecule has 1 amide bonds. The van der Waals surface area contributed by atoms with E-state index < -0.39 is 0 Å². The van der Waals surface area contributed by atoms with Crippen LogP contribution in [0.3, 0.4) is 0 Å². The molecule has 2 heterocycles. The van der Waals surface area contributed by atoms with E-state index in [1.807, 2.05) is 0 Å². The lowest BCUT2D eigenvalue weighted by molar-refractivity contribution is 0.0935. The van der Waals surface area contributed by atoms with Gasteiger partial charge in [0.2, 0.25) is 0 Å². The van der Waals surface area contributed by atoms with Crippen molar-refractivity contribution in [3.05, 3.63) is 46.3 Å². The molecule has 3 nitrogen and oxygen atoms in total. The maximum Gasteiger partial charge on any atom is 0.261 e. The molecular formula is C18H21ClN2OS. The number of halogens is 1. The molecule has 0 bridgehead atoms. The zero-order valence-corrected chi connectivity index (χ0v) is 14.6. The van der Waals surface area contributed by atoms with Crippen LogP contribution in [0.25, 0.3) is 10.4 Å². The van der Waals surface area contributed by atoms with Crippen molar-refractivity contribution in [2.45, 2.75) is 31.7 Å². The summed E-state index contributed by atoms with van der Waals surface area (Å²) in [6.07, 6.45) is 4.33. The van der Waals surface area contributed by atoms with Gasteiger partial charge in [-0.25, -0.2) is 0 Å². The van der Waals surface area contributed by atoms with Gasteiger partial charge >= 0.3 is 0 Å². The highest BCUT2D eigenvalue weighted by Crippen LogP contribution is 2.39. The van der Waals surface area contributed by atoms with E-state index in [0.717, 1.165) is 43.6 Å². The Morgan fingerprint density at radius 1 is 1.22 bits per heavy atom. The molecule has 122 valence electrons. The molecule has 2 aromatic rings. The van der Waals surface area contributed by atoms with Crippen molar-refractivity contribution in [3.8, 4) is 10.4 Å². The molecule has 1 saturated heterocycles. The number of benzene rings is 1. The number of amides is 1. The molecular weight excluding hydrogens is 328 g/mol. The zero-order chi connectivity index (χ0) is 14.9. The van der Waals surface area contributed by atoms with Crippen LogP contribution in [0.15, 0.2) is 30.3 Å². The molecule has 0 radical (unpaired) electrons. The number of carbonyl (C=O) groups is 1. The predicted octanol–water partition coefficient (Wildman–Crippen LogP) is 3.42. The lowest BCUT2D eigenvalue weighted by Gasteiger charge is -2.23. The summed E-state index contributed by atoms with van der Waals surface area (Å²) in [7, 11) is 0. The summed E-state index contributed by atoms with van der Waals surface area (Å²) in [5.74, 6) is 0.0885. The van der Waals surface area contributed by atoms with E-state index in [4.69, 9.17) is 0 Å². The summed E-state index contributed by atoms with van der Waals surface area (Å²) >= 11 is 1.64. The van der Waals surface area contributed by atoms with Gasteiger partial charge in [0.05, 0.1) is 4.88 Å². The molecule has 5 heteroatoms. The third kappa shape index (κ3) is 3.30. The van der Waals surface area contributed by atoms with Gasteiger partial charge in [-0.2, -0.15) is 0 Å². The molecule has 4 rings (SSSR count). The molecule has 1 aliphatic heterocycles. The van der Waals surface area contributed by atoms with Crippen LogP contribution in [0, 0.1) is 0 Å². The fourth-order valence-electron chi connectivity index (χ4n) is 3.42. The van der Waals surface area contributed by atoms with E-state index in [2.05, 4.69) is 41.0 Å². The third-order valence-corrected chi connectivity index (χ3v) is 5.80. The van der Waals surface area contributed by atoms with Crippen LogP contribution >= 0.6 is 23.7 Å². The molecule has 23 heavy (non-hydrogen) atoms. The van der Waals surface area contributed by atoms with Crippen molar-refractivity contribution in [2.75, 3.05) is 13.1 Å². The predicted molar refractivity (Wildman–Crippen MR) is 97.8 cm³/mol. The smallest absolute Gasteiger partial charge is 0.261 e. The largest absolute Gasteiger partial charge is 0.347 e. The van der Waals surface area contributed by atoms with Crippen LogP contribution in [0.1, 0.15) is 33.6 Å². The van der Waals surface area contributed by atoms with Gasteiger partial charge in [0, 0.05) is 17.5 Å². The van der Waals surface area contributed by atoms with Crippen LogP contribution in [-0.2, 0) is 12.8 Å².